The molecule has 0 radical (unpaired) electrons. The van der Waals surface area contributed by atoms with Crippen LogP contribution in [0, 0.1) is 0 Å². The topological polar surface area (TPSA) is 29.9 Å². The minimum Gasteiger partial charge on any atom is -0.329 e. The van der Waals surface area contributed by atoms with Crippen molar-refractivity contribution in [2.24, 2.45) is 0 Å². The lowest BCUT2D eigenvalue weighted by atomic mass is 10.2. The standard InChI is InChI=1S/C12H17N3S/c1-3-10(13-2)9-15-7-6-14-12(15)11-5-4-8-16-11/h4-8,10,13H,3,9H2,1-2H3. The molecule has 86 valence electrons. The molecule has 0 bridgehead atoms. The Kier molecular flexibility index (Phi) is 3.74. The molecule has 0 saturated heterocycles. The van der Waals surface area contributed by atoms with Gasteiger partial charge in [0.1, 0.15) is 5.82 Å². The van der Waals surface area contributed by atoms with E-state index in [1.54, 1.807) is 11.3 Å². The van der Waals surface area contributed by atoms with Gasteiger partial charge in [0.05, 0.1) is 4.88 Å². The molecular weight excluding hydrogens is 218 g/mol. The van der Waals surface area contributed by atoms with E-state index in [-0.39, 0.29) is 0 Å². The summed E-state index contributed by atoms with van der Waals surface area (Å²) < 4.78 is 2.22. The summed E-state index contributed by atoms with van der Waals surface area (Å²) in [5.74, 6) is 1.07. The van der Waals surface area contributed by atoms with E-state index >= 15 is 0 Å². The highest BCUT2D eigenvalue weighted by atomic mass is 32.1. The number of nitrogens with one attached hydrogen (secondary N) is 1. The van der Waals surface area contributed by atoms with Crippen LogP contribution < -0.4 is 5.32 Å². The summed E-state index contributed by atoms with van der Waals surface area (Å²) >= 11 is 1.73. The van der Waals surface area contributed by atoms with E-state index in [4.69, 9.17) is 0 Å². The molecule has 0 fully saturated rings. The van der Waals surface area contributed by atoms with Gasteiger partial charge in [-0.05, 0) is 24.9 Å². The maximum absolute atomic E-state index is 4.43. The highest BCUT2D eigenvalue weighted by Gasteiger charge is 2.10. The van der Waals surface area contributed by atoms with Crippen molar-refractivity contribution in [3.63, 3.8) is 0 Å². The van der Waals surface area contributed by atoms with Gasteiger partial charge in [-0.1, -0.05) is 13.0 Å². The number of aromatic nitrogens is 2. The average Bonchev–Trinajstić information content (AvgIpc) is 2.95. The number of thiophene rings is 1. The predicted octanol–water partition coefficient (Wildman–Crippen LogP) is 2.61. The number of imidazole rings is 1. The van der Waals surface area contributed by atoms with Crippen LogP contribution in [-0.2, 0) is 6.54 Å². The Morgan fingerprint density at radius 2 is 2.44 bits per heavy atom. The maximum Gasteiger partial charge on any atom is 0.150 e. The lowest BCUT2D eigenvalue weighted by Crippen LogP contribution is -2.29. The highest BCUT2D eigenvalue weighted by Crippen LogP contribution is 2.23. The smallest absolute Gasteiger partial charge is 0.150 e. The Bertz CT molecular complexity index is 415. The van der Waals surface area contributed by atoms with Gasteiger partial charge in [0.25, 0.3) is 0 Å². The van der Waals surface area contributed by atoms with Crippen LogP contribution in [0.2, 0.25) is 0 Å². The normalized spacial score (nSPS) is 12.9. The van der Waals surface area contributed by atoms with E-state index in [1.807, 2.05) is 13.2 Å². The average molecular weight is 235 g/mol. The first-order chi connectivity index (χ1) is 7.85. The van der Waals surface area contributed by atoms with Crippen LogP contribution in [0.25, 0.3) is 10.7 Å². The van der Waals surface area contributed by atoms with Crippen LogP contribution in [-0.4, -0.2) is 22.6 Å². The van der Waals surface area contributed by atoms with E-state index in [9.17, 15) is 0 Å². The van der Waals surface area contributed by atoms with Gasteiger partial charge in [0.15, 0.2) is 0 Å². The summed E-state index contributed by atoms with van der Waals surface area (Å²) in [5.41, 5.74) is 0. The van der Waals surface area contributed by atoms with Crippen LogP contribution >= 0.6 is 11.3 Å². The molecule has 16 heavy (non-hydrogen) atoms. The monoisotopic (exact) mass is 235 g/mol. The van der Waals surface area contributed by atoms with Gasteiger partial charge in [-0.2, -0.15) is 0 Å². The van der Waals surface area contributed by atoms with Crippen molar-refractivity contribution in [3.8, 4) is 10.7 Å². The van der Waals surface area contributed by atoms with Crippen molar-refractivity contribution >= 4 is 11.3 Å². The molecule has 0 aliphatic carbocycles. The van der Waals surface area contributed by atoms with Gasteiger partial charge in [0.2, 0.25) is 0 Å². The van der Waals surface area contributed by atoms with E-state index in [2.05, 4.69) is 45.5 Å². The number of rotatable bonds is 5. The molecule has 4 heteroatoms. The molecule has 2 aromatic heterocycles. The summed E-state index contributed by atoms with van der Waals surface area (Å²) in [7, 11) is 2.01. The van der Waals surface area contributed by atoms with Crippen molar-refractivity contribution in [2.75, 3.05) is 7.05 Å². The van der Waals surface area contributed by atoms with E-state index in [1.165, 1.54) is 4.88 Å². The molecule has 2 rings (SSSR count). The number of hydrogen-bond donors (Lipinski definition) is 1. The first-order valence-electron chi connectivity index (χ1n) is 5.57. The molecule has 0 aliphatic rings. The molecule has 1 atom stereocenters. The Balaban J connectivity index is 2.19. The van der Waals surface area contributed by atoms with Crippen molar-refractivity contribution in [1.29, 1.82) is 0 Å². The molecule has 1 unspecified atom stereocenters. The largest absolute Gasteiger partial charge is 0.329 e. The summed E-state index contributed by atoms with van der Waals surface area (Å²) in [5, 5.41) is 5.40. The molecule has 2 aromatic rings. The molecule has 0 amide bonds. The third kappa shape index (κ3) is 2.33. The molecule has 2 heterocycles. The van der Waals surface area contributed by atoms with E-state index in [0.29, 0.717) is 6.04 Å². The summed E-state index contributed by atoms with van der Waals surface area (Å²) in [6.07, 6.45) is 5.05. The fraction of sp³-hybridized carbons (Fsp3) is 0.417. The van der Waals surface area contributed by atoms with Crippen LogP contribution in [0.5, 0.6) is 0 Å². The minimum absolute atomic E-state index is 0.507. The molecule has 0 spiro atoms. The highest BCUT2D eigenvalue weighted by molar-refractivity contribution is 7.13. The van der Waals surface area contributed by atoms with E-state index < -0.39 is 0 Å². The van der Waals surface area contributed by atoms with Crippen molar-refractivity contribution in [2.45, 2.75) is 25.9 Å². The Morgan fingerprint density at radius 3 is 3.06 bits per heavy atom. The summed E-state index contributed by atoms with van der Waals surface area (Å²) in [6.45, 7) is 3.17. The second-order valence-electron chi connectivity index (χ2n) is 3.77. The van der Waals surface area contributed by atoms with Gasteiger partial charge < -0.3 is 9.88 Å². The zero-order valence-corrected chi connectivity index (χ0v) is 10.5. The third-order valence-electron chi connectivity index (χ3n) is 2.78. The van der Waals surface area contributed by atoms with Gasteiger partial charge in [-0.15, -0.1) is 11.3 Å². The Labute approximate surface area is 100 Å². The zero-order valence-electron chi connectivity index (χ0n) is 9.68. The lowest BCUT2D eigenvalue weighted by molar-refractivity contribution is 0.471. The first kappa shape index (κ1) is 11.4. The molecule has 0 aliphatic heterocycles. The summed E-state index contributed by atoms with van der Waals surface area (Å²) in [6, 6.07) is 4.69. The SMILES string of the molecule is CCC(Cn1ccnc1-c1cccs1)NC. The molecule has 3 nitrogen and oxygen atoms in total. The van der Waals surface area contributed by atoms with Gasteiger partial charge >= 0.3 is 0 Å². The van der Waals surface area contributed by atoms with Gasteiger partial charge in [0, 0.05) is 25.0 Å². The van der Waals surface area contributed by atoms with E-state index in [0.717, 1.165) is 18.8 Å². The second-order valence-corrected chi connectivity index (χ2v) is 4.72. The fourth-order valence-electron chi connectivity index (χ4n) is 1.75. The fourth-order valence-corrected chi connectivity index (χ4v) is 2.49. The van der Waals surface area contributed by atoms with Crippen LogP contribution in [0.15, 0.2) is 29.9 Å². The molecular formula is C12H17N3S. The Morgan fingerprint density at radius 1 is 1.56 bits per heavy atom. The van der Waals surface area contributed by atoms with Crippen LogP contribution in [0.3, 0.4) is 0 Å². The van der Waals surface area contributed by atoms with Crippen LogP contribution in [0.1, 0.15) is 13.3 Å². The van der Waals surface area contributed by atoms with Gasteiger partial charge in [-0.25, -0.2) is 4.98 Å². The molecule has 1 N–H and O–H groups in total. The second kappa shape index (κ2) is 5.27. The quantitative estimate of drug-likeness (QED) is 0.863. The first-order valence-corrected chi connectivity index (χ1v) is 6.45. The number of hydrogen-bond acceptors (Lipinski definition) is 3. The van der Waals surface area contributed by atoms with Gasteiger partial charge in [-0.3, -0.25) is 0 Å². The van der Waals surface area contributed by atoms with Crippen molar-refractivity contribution in [1.82, 2.24) is 14.9 Å². The minimum atomic E-state index is 0.507. The number of likely N-dealkylation sites (N-methyl/N-ethyl adjacent to an activating group) is 1. The predicted molar refractivity (Wildman–Crippen MR) is 68.7 cm³/mol. The van der Waals surface area contributed by atoms with Crippen LogP contribution in [0.4, 0.5) is 0 Å². The van der Waals surface area contributed by atoms with Crippen molar-refractivity contribution in [3.05, 3.63) is 29.9 Å². The Hall–Kier alpha value is -1.13. The number of nitrogens with zero attached hydrogens (tertiary/aromatic N) is 2. The van der Waals surface area contributed by atoms with Crippen molar-refractivity contribution < 1.29 is 0 Å². The summed E-state index contributed by atoms with van der Waals surface area (Å²) in [4.78, 5) is 5.66. The maximum atomic E-state index is 4.43. The molecule has 0 saturated carbocycles. The lowest BCUT2D eigenvalue weighted by Gasteiger charge is -2.15. The zero-order chi connectivity index (χ0) is 11.4. The third-order valence-corrected chi connectivity index (χ3v) is 3.64. The molecule has 0 aromatic carbocycles.